The third kappa shape index (κ3) is 3.35. The predicted molar refractivity (Wildman–Crippen MR) is 82.2 cm³/mol. The largest absolute Gasteiger partial charge is 0.486 e. The van der Waals surface area contributed by atoms with Gasteiger partial charge in [-0.2, -0.15) is 0 Å². The summed E-state index contributed by atoms with van der Waals surface area (Å²) in [6.45, 7) is 5.11. The third-order valence-electron chi connectivity index (χ3n) is 4.08. The number of amides is 1. The molecule has 0 saturated carbocycles. The Balaban J connectivity index is 1.63. The van der Waals surface area contributed by atoms with Gasteiger partial charge in [0.1, 0.15) is 6.61 Å². The zero-order valence-corrected chi connectivity index (χ0v) is 13.0. The van der Waals surface area contributed by atoms with E-state index in [4.69, 9.17) is 14.2 Å². The molecule has 2 aliphatic rings. The molecule has 5 nitrogen and oxygen atoms in total. The summed E-state index contributed by atoms with van der Waals surface area (Å²) in [5, 5.41) is 0. The molecule has 0 radical (unpaired) electrons. The van der Waals surface area contributed by atoms with Crippen LogP contribution in [0.4, 0.5) is 0 Å². The molecule has 0 aromatic heterocycles. The van der Waals surface area contributed by atoms with Crippen molar-refractivity contribution in [1.82, 2.24) is 4.90 Å². The minimum atomic E-state index is -0.118. The van der Waals surface area contributed by atoms with Crippen molar-refractivity contribution in [1.29, 1.82) is 0 Å². The molecule has 3 rings (SSSR count). The van der Waals surface area contributed by atoms with Crippen LogP contribution in [0.15, 0.2) is 24.3 Å². The molecular formula is C17H23NO4. The number of carbonyl (C=O) groups is 1. The lowest BCUT2D eigenvalue weighted by Gasteiger charge is -2.32. The van der Waals surface area contributed by atoms with Gasteiger partial charge in [-0.3, -0.25) is 4.79 Å². The monoisotopic (exact) mass is 305 g/mol. The van der Waals surface area contributed by atoms with Crippen molar-refractivity contribution in [2.45, 2.75) is 25.9 Å². The number of rotatable bonds is 5. The molecule has 0 aliphatic carbocycles. The van der Waals surface area contributed by atoms with Gasteiger partial charge in [-0.15, -0.1) is 0 Å². The van der Waals surface area contributed by atoms with E-state index in [-0.39, 0.29) is 17.9 Å². The van der Waals surface area contributed by atoms with Crippen LogP contribution in [0.5, 0.6) is 11.5 Å². The highest BCUT2D eigenvalue weighted by Crippen LogP contribution is 2.31. The van der Waals surface area contributed by atoms with Crippen molar-refractivity contribution >= 4 is 5.91 Å². The Morgan fingerprint density at radius 2 is 2.09 bits per heavy atom. The normalized spacial score (nSPS) is 23.3. The van der Waals surface area contributed by atoms with Crippen molar-refractivity contribution in [3.8, 4) is 11.5 Å². The van der Waals surface area contributed by atoms with Gasteiger partial charge in [0, 0.05) is 13.2 Å². The van der Waals surface area contributed by atoms with E-state index in [1.807, 2.05) is 29.2 Å². The summed E-state index contributed by atoms with van der Waals surface area (Å²) in [5.41, 5.74) is 0. The zero-order valence-electron chi connectivity index (χ0n) is 13.0. The zero-order chi connectivity index (χ0) is 15.4. The first-order valence-corrected chi connectivity index (χ1v) is 8.03. The topological polar surface area (TPSA) is 48.0 Å². The maximum atomic E-state index is 12.6. The standard InChI is InChI=1S/C17H23NO4/c1-2-8-18(17(19)13-7-9-20-11-13)10-14-12-21-15-5-3-4-6-16(15)22-14/h3-6,13-14H,2,7-12H2,1H3. The number of fused-ring (bicyclic) bond motifs is 1. The van der Waals surface area contributed by atoms with E-state index in [9.17, 15) is 4.79 Å². The molecule has 2 atom stereocenters. The number of benzene rings is 1. The molecule has 120 valence electrons. The van der Waals surface area contributed by atoms with E-state index in [0.29, 0.717) is 26.4 Å². The van der Waals surface area contributed by atoms with Crippen LogP contribution >= 0.6 is 0 Å². The highest BCUT2D eigenvalue weighted by Gasteiger charge is 2.31. The third-order valence-corrected chi connectivity index (χ3v) is 4.08. The lowest BCUT2D eigenvalue weighted by molar-refractivity contribution is -0.137. The van der Waals surface area contributed by atoms with Gasteiger partial charge in [0.2, 0.25) is 5.91 Å². The summed E-state index contributed by atoms with van der Waals surface area (Å²) in [6.07, 6.45) is 1.64. The fourth-order valence-corrected chi connectivity index (χ4v) is 2.95. The van der Waals surface area contributed by atoms with Crippen LogP contribution in [0, 0.1) is 5.92 Å². The fraction of sp³-hybridized carbons (Fsp3) is 0.588. The highest BCUT2D eigenvalue weighted by molar-refractivity contribution is 5.79. The van der Waals surface area contributed by atoms with Crippen molar-refractivity contribution in [2.24, 2.45) is 5.92 Å². The van der Waals surface area contributed by atoms with Gasteiger partial charge in [-0.05, 0) is 25.0 Å². The molecule has 1 fully saturated rings. The highest BCUT2D eigenvalue weighted by atomic mass is 16.6. The van der Waals surface area contributed by atoms with Crippen LogP contribution in [0.25, 0.3) is 0 Å². The summed E-state index contributed by atoms with van der Waals surface area (Å²) >= 11 is 0. The van der Waals surface area contributed by atoms with Gasteiger partial charge in [0.05, 0.1) is 19.1 Å². The summed E-state index contributed by atoms with van der Waals surface area (Å²) in [4.78, 5) is 14.5. The van der Waals surface area contributed by atoms with Crippen LogP contribution in [0.1, 0.15) is 19.8 Å². The number of hydrogen-bond acceptors (Lipinski definition) is 4. The molecule has 22 heavy (non-hydrogen) atoms. The van der Waals surface area contributed by atoms with Gasteiger partial charge < -0.3 is 19.1 Å². The van der Waals surface area contributed by atoms with E-state index in [2.05, 4.69) is 6.92 Å². The average molecular weight is 305 g/mol. The van der Waals surface area contributed by atoms with Gasteiger partial charge in [-0.25, -0.2) is 0 Å². The Morgan fingerprint density at radius 3 is 2.82 bits per heavy atom. The van der Waals surface area contributed by atoms with Gasteiger partial charge in [-0.1, -0.05) is 19.1 Å². The molecule has 5 heteroatoms. The smallest absolute Gasteiger partial charge is 0.228 e. The molecule has 1 amide bonds. The maximum Gasteiger partial charge on any atom is 0.228 e. The van der Waals surface area contributed by atoms with Crippen molar-refractivity contribution < 1.29 is 19.0 Å². The Bertz CT molecular complexity index is 513. The first kappa shape index (κ1) is 15.2. The molecule has 2 heterocycles. The second kappa shape index (κ2) is 7.01. The van der Waals surface area contributed by atoms with Crippen LogP contribution in [0.2, 0.25) is 0 Å². The van der Waals surface area contributed by atoms with Crippen LogP contribution < -0.4 is 9.47 Å². The number of para-hydroxylation sites is 2. The van der Waals surface area contributed by atoms with Crippen molar-refractivity contribution in [2.75, 3.05) is 32.9 Å². The van der Waals surface area contributed by atoms with Gasteiger partial charge >= 0.3 is 0 Å². The minimum Gasteiger partial charge on any atom is -0.486 e. The average Bonchev–Trinajstić information content (AvgIpc) is 3.08. The van der Waals surface area contributed by atoms with Crippen LogP contribution in [-0.4, -0.2) is 49.8 Å². The Hall–Kier alpha value is -1.75. The fourth-order valence-electron chi connectivity index (χ4n) is 2.95. The maximum absolute atomic E-state index is 12.6. The van der Waals surface area contributed by atoms with Gasteiger partial charge in [0.25, 0.3) is 0 Å². The van der Waals surface area contributed by atoms with E-state index in [1.54, 1.807) is 0 Å². The van der Waals surface area contributed by atoms with E-state index < -0.39 is 0 Å². The second-order valence-electron chi connectivity index (χ2n) is 5.84. The molecule has 2 unspecified atom stereocenters. The number of hydrogen-bond donors (Lipinski definition) is 0. The molecule has 1 saturated heterocycles. The van der Waals surface area contributed by atoms with Crippen molar-refractivity contribution in [3.05, 3.63) is 24.3 Å². The number of ether oxygens (including phenoxy) is 3. The molecule has 1 aromatic rings. The van der Waals surface area contributed by atoms with Crippen molar-refractivity contribution in [3.63, 3.8) is 0 Å². The van der Waals surface area contributed by atoms with Gasteiger partial charge in [0.15, 0.2) is 17.6 Å². The molecular weight excluding hydrogens is 282 g/mol. The number of nitrogens with zero attached hydrogens (tertiary/aromatic N) is 1. The molecule has 0 spiro atoms. The second-order valence-corrected chi connectivity index (χ2v) is 5.84. The summed E-state index contributed by atoms with van der Waals surface area (Å²) < 4.78 is 17.0. The minimum absolute atomic E-state index is 0.00310. The Kier molecular flexibility index (Phi) is 4.83. The molecule has 0 bridgehead atoms. The number of carbonyl (C=O) groups excluding carboxylic acids is 1. The van der Waals surface area contributed by atoms with E-state index in [0.717, 1.165) is 30.9 Å². The Morgan fingerprint density at radius 1 is 1.27 bits per heavy atom. The quantitative estimate of drug-likeness (QED) is 0.836. The first-order chi connectivity index (χ1) is 10.8. The molecule has 1 aromatic carbocycles. The summed E-state index contributed by atoms with van der Waals surface area (Å²) in [5.74, 6) is 1.72. The van der Waals surface area contributed by atoms with E-state index in [1.165, 1.54) is 0 Å². The molecule has 0 N–H and O–H groups in total. The Labute approximate surface area is 131 Å². The summed E-state index contributed by atoms with van der Waals surface area (Å²) in [7, 11) is 0. The van der Waals surface area contributed by atoms with Crippen LogP contribution in [-0.2, 0) is 9.53 Å². The lowest BCUT2D eigenvalue weighted by atomic mass is 10.1. The molecule has 2 aliphatic heterocycles. The summed E-state index contributed by atoms with van der Waals surface area (Å²) in [6, 6.07) is 7.65. The predicted octanol–water partition coefficient (Wildman–Crippen LogP) is 2.10. The van der Waals surface area contributed by atoms with Crippen LogP contribution in [0.3, 0.4) is 0 Å². The van der Waals surface area contributed by atoms with E-state index >= 15 is 0 Å². The lowest BCUT2D eigenvalue weighted by Crippen LogP contribution is -2.46. The SMILES string of the molecule is CCCN(CC1COc2ccccc2O1)C(=O)C1CCOC1. The first-order valence-electron chi connectivity index (χ1n) is 8.03.